The van der Waals surface area contributed by atoms with Crippen molar-refractivity contribution in [2.75, 3.05) is 18.0 Å². The Morgan fingerprint density at radius 2 is 2.06 bits per heavy atom. The summed E-state index contributed by atoms with van der Waals surface area (Å²) in [6.07, 6.45) is 2.57. The summed E-state index contributed by atoms with van der Waals surface area (Å²) in [5, 5.41) is 7.45. The van der Waals surface area contributed by atoms with Gasteiger partial charge in [0, 0.05) is 34.7 Å². The molecule has 5 rings (SSSR count). The van der Waals surface area contributed by atoms with Crippen molar-refractivity contribution in [3.8, 4) is 0 Å². The highest BCUT2D eigenvalue weighted by atomic mass is 127. The number of anilines is 1. The van der Waals surface area contributed by atoms with Gasteiger partial charge in [0.15, 0.2) is 10.1 Å². The van der Waals surface area contributed by atoms with Gasteiger partial charge in [0.1, 0.15) is 19.9 Å². The maximum Gasteiger partial charge on any atom is 0.264 e. The second kappa shape index (κ2) is 8.08. The minimum absolute atomic E-state index is 0.0950. The number of H-pyrrole nitrogens is 2. The summed E-state index contributed by atoms with van der Waals surface area (Å²) in [5.74, 6) is 0.539. The van der Waals surface area contributed by atoms with Crippen LogP contribution in [0.3, 0.4) is 0 Å². The molecule has 172 valence electrons. The van der Waals surface area contributed by atoms with Gasteiger partial charge in [0.2, 0.25) is 5.95 Å². The lowest BCUT2D eigenvalue weighted by molar-refractivity contribution is 0.174. The number of halogens is 2. The van der Waals surface area contributed by atoms with Crippen molar-refractivity contribution in [3.63, 3.8) is 0 Å². The van der Waals surface area contributed by atoms with Crippen LogP contribution in [0, 0.1) is 9.12 Å². The fourth-order valence-electron chi connectivity index (χ4n) is 4.53. The number of piperidine rings is 1. The summed E-state index contributed by atoms with van der Waals surface area (Å²) in [6, 6.07) is -0.120. The highest BCUT2D eigenvalue weighted by Crippen LogP contribution is 2.54. The third kappa shape index (κ3) is 3.86. The van der Waals surface area contributed by atoms with Gasteiger partial charge in [-0.25, -0.2) is 4.98 Å². The highest BCUT2D eigenvalue weighted by molar-refractivity contribution is 14.1. The van der Waals surface area contributed by atoms with Crippen molar-refractivity contribution in [1.82, 2.24) is 29.9 Å². The van der Waals surface area contributed by atoms with Gasteiger partial charge in [0.05, 0.1) is 5.69 Å². The fraction of sp³-hybridized carbons (Fsp3) is 0.579. The van der Waals surface area contributed by atoms with Gasteiger partial charge in [-0.3, -0.25) is 14.9 Å². The van der Waals surface area contributed by atoms with E-state index in [1.54, 1.807) is 0 Å². The molecule has 0 saturated carbocycles. The number of fused-ring (bicyclic) bond motifs is 2. The molecule has 3 N–H and O–H groups in total. The molecule has 32 heavy (non-hydrogen) atoms. The zero-order valence-corrected chi connectivity index (χ0v) is 22.3. The Morgan fingerprint density at radius 3 is 2.75 bits per heavy atom. The minimum atomic E-state index is -1.23. The Kier molecular flexibility index (Phi) is 5.77. The maximum atomic E-state index is 13.0. The number of hydrogen-bond donors (Lipinski definition) is 3. The van der Waals surface area contributed by atoms with E-state index in [9.17, 15) is 9.35 Å². The summed E-state index contributed by atoms with van der Waals surface area (Å²) in [6.45, 7) is 7.33. The third-order valence-corrected chi connectivity index (χ3v) is 9.83. The van der Waals surface area contributed by atoms with Crippen LogP contribution in [-0.4, -0.2) is 47.5 Å². The molecular weight excluding hydrogens is 585 g/mol. The van der Waals surface area contributed by atoms with Crippen molar-refractivity contribution in [3.05, 3.63) is 29.1 Å². The van der Waals surface area contributed by atoms with Gasteiger partial charge < -0.3 is 9.45 Å². The van der Waals surface area contributed by atoms with E-state index in [-0.39, 0.29) is 21.8 Å². The van der Waals surface area contributed by atoms with Crippen LogP contribution in [0.25, 0.3) is 11.0 Å². The Balaban J connectivity index is 1.40. The number of thiazole rings is 1. The summed E-state index contributed by atoms with van der Waals surface area (Å²) in [4.78, 5) is 27.9. The van der Waals surface area contributed by atoms with E-state index in [4.69, 9.17) is 11.6 Å². The normalized spacial score (nSPS) is 21.4. The van der Waals surface area contributed by atoms with E-state index >= 15 is 0 Å². The molecule has 1 fully saturated rings. The van der Waals surface area contributed by atoms with Crippen LogP contribution in [0.15, 0.2) is 4.79 Å². The van der Waals surface area contributed by atoms with Crippen LogP contribution in [0.5, 0.6) is 0 Å². The second-order valence-corrected chi connectivity index (χ2v) is 14.1. The van der Waals surface area contributed by atoms with Crippen molar-refractivity contribution in [1.29, 1.82) is 0 Å². The molecule has 0 amide bonds. The Morgan fingerprint density at radius 1 is 1.34 bits per heavy atom. The van der Waals surface area contributed by atoms with E-state index in [0.29, 0.717) is 25.1 Å². The third-order valence-electron chi connectivity index (χ3n) is 6.31. The molecule has 2 atom stereocenters. The summed E-state index contributed by atoms with van der Waals surface area (Å²) in [7, 11) is 0. The van der Waals surface area contributed by atoms with Gasteiger partial charge in [-0.05, 0) is 62.6 Å². The zero-order chi connectivity index (χ0) is 22.8. The predicted octanol–water partition coefficient (Wildman–Crippen LogP) is 3.30. The number of aromatic amines is 2. The molecule has 1 aliphatic carbocycles. The van der Waals surface area contributed by atoms with E-state index in [2.05, 4.69) is 34.8 Å². The Bertz CT molecular complexity index is 1230. The second-order valence-electron chi connectivity index (χ2n) is 9.36. The topological polar surface area (TPSA) is 126 Å². The van der Waals surface area contributed by atoms with Crippen LogP contribution in [0.1, 0.15) is 50.2 Å². The molecule has 3 aromatic rings. The predicted molar refractivity (Wildman–Crippen MR) is 136 cm³/mol. The van der Waals surface area contributed by atoms with Crippen LogP contribution >= 0.6 is 45.5 Å². The average molecular weight is 608 g/mol. The number of nitrogens with one attached hydrogen (secondary N) is 3. The zero-order valence-electron chi connectivity index (χ0n) is 17.8. The van der Waals surface area contributed by atoms with Crippen LogP contribution in [0.4, 0.5) is 5.95 Å². The Hall–Kier alpha value is -0.930. The van der Waals surface area contributed by atoms with E-state index in [1.807, 2.05) is 43.4 Å². The molecule has 1 unspecified atom stereocenters. The lowest BCUT2D eigenvalue weighted by Gasteiger charge is -2.43. The molecule has 1 saturated heterocycles. The van der Waals surface area contributed by atoms with Crippen LogP contribution in [0.2, 0.25) is 4.47 Å². The maximum absolute atomic E-state index is 13.0. The van der Waals surface area contributed by atoms with E-state index < -0.39 is 11.4 Å². The quantitative estimate of drug-likeness (QED) is 0.308. The molecule has 0 bridgehead atoms. The van der Waals surface area contributed by atoms with Crippen molar-refractivity contribution < 1.29 is 4.55 Å². The number of aromatic nitrogens is 5. The molecule has 4 heterocycles. The minimum Gasteiger partial charge on any atom is -0.598 e. The molecule has 3 aromatic heterocycles. The first kappa shape index (κ1) is 22.8. The molecule has 1 spiro atoms. The van der Waals surface area contributed by atoms with Crippen LogP contribution in [-0.2, 0) is 17.8 Å². The summed E-state index contributed by atoms with van der Waals surface area (Å²) >= 11 is 8.54. The molecule has 0 radical (unpaired) electrons. The molecule has 0 aromatic carbocycles. The molecular formula is C19H23ClIN7O2S2. The first-order chi connectivity index (χ1) is 15.1. The highest BCUT2D eigenvalue weighted by Gasteiger charge is 2.52. The lowest BCUT2D eigenvalue weighted by atomic mass is 9.73. The van der Waals surface area contributed by atoms with Gasteiger partial charge >= 0.3 is 0 Å². The summed E-state index contributed by atoms with van der Waals surface area (Å²) < 4.78 is 17.2. The molecule has 1 aliphatic heterocycles. The molecule has 2 aliphatic rings. The Labute approximate surface area is 210 Å². The summed E-state index contributed by atoms with van der Waals surface area (Å²) in [5.41, 5.74) is 1.08. The van der Waals surface area contributed by atoms with Crippen molar-refractivity contribution in [2.45, 2.75) is 50.8 Å². The standard InChI is InChI=1S/C19H23ClIN7O2S2/c1-18(2,3)32(30)27-12-11-9(31-16(20)22-11)8-19(12)4-6-28(7-5-19)17-23-14-10(15(29)24-17)13(21)25-26-14/h12,27H,4-8H2,1-3H3,(H2,23,24,25,26,29)/t12-,32?/m1/s1. The molecule has 9 nitrogen and oxygen atoms in total. The smallest absolute Gasteiger partial charge is 0.264 e. The largest absolute Gasteiger partial charge is 0.598 e. The molecule has 13 heteroatoms. The SMILES string of the molecule is CC(C)(C)[S+]([O-])N[C@@H]1c2nc(Cl)sc2CC12CCN(c1nc3n[nH]c(I)c3c(=O)[nH]1)CC2. The average Bonchev–Trinajstić information content (AvgIpc) is 3.34. The van der Waals surface area contributed by atoms with Gasteiger partial charge in [-0.15, -0.1) is 16.1 Å². The van der Waals surface area contributed by atoms with Crippen molar-refractivity contribution in [2.24, 2.45) is 5.41 Å². The first-order valence-electron chi connectivity index (χ1n) is 10.3. The van der Waals surface area contributed by atoms with Gasteiger partial charge in [-0.1, -0.05) is 11.6 Å². The van der Waals surface area contributed by atoms with Gasteiger partial charge in [-0.2, -0.15) is 10.1 Å². The monoisotopic (exact) mass is 607 g/mol. The van der Waals surface area contributed by atoms with Gasteiger partial charge in [0.25, 0.3) is 5.56 Å². The number of hydrogen-bond acceptors (Lipinski definition) is 8. The number of nitrogens with zero attached hydrogens (tertiary/aromatic N) is 4. The van der Waals surface area contributed by atoms with Crippen molar-refractivity contribution >= 4 is 73.9 Å². The fourth-order valence-corrected chi connectivity index (χ4v) is 7.41. The lowest BCUT2D eigenvalue weighted by Crippen LogP contribution is -2.50. The van der Waals surface area contributed by atoms with E-state index in [1.165, 1.54) is 16.2 Å². The first-order valence-corrected chi connectivity index (χ1v) is 13.7. The van der Waals surface area contributed by atoms with E-state index in [0.717, 1.165) is 38.0 Å². The number of rotatable bonds is 3. The van der Waals surface area contributed by atoms with Crippen LogP contribution < -0.4 is 15.2 Å².